The third-order valence-electron chi connectivity index (χ3n) is 3.27. The maximum Gasteiger partial charge on any atom is 0.305 e. The molecule has 0 fully saturated rings. The lowest BCUT2D eigenvalue weighted by Gasteiger charge is -2.24. The minimum Gasteiger partial charge on any atom is -0.481 e. The molecule has 7 nitrogen and oxygen atoms in total. The third-order valence-corrected chi connectivity index (χ3v) is 3.27. The predicted molar refractivity (Wildman–Crippen MR) is 84.4 cm³/mol. The van der Waals surface area contributed by atoms with Crippen molar-refractivity contribution in [3.8, 4) is 5.69 Å². The highest BCUT2D eigenvalue weighted by Gasteiger charge is 2.18. The Balaban J connectivity index is 2.13. The third kappa shape index (κ3) is 4.64. The summed E-state index contributed by atoms with van der Waals surface area (Å²) in [6, 6.07) is 7.00. The van der Waals surface area contributed by atoms with E-state index in [-0.39, 0.29) is 24.8 Å². The van der Waals surface area contributed by atoms with Crippen LogP contribution >= 0.6 is 0 Å². The van der Waals surface area contributed by atoms with Gasteiger partial charge in [-0.15, -0.1) is 5.10 Å². The van der Waals surface area contributed by atoms with Crippen LogP contribution in [0.2, 0.25) is 0 Å². The lowest BCUT2D eigenvalue weighted by Crippen LogP contribution is -2.36. The number of hydrogen-bond donors (Lipinski definition) is 1. The summed E-state index contributed by atoms with van der Waals surface area (Å²) in [5.74, 6) is -0.805. The van der Waals surface area contributed by atoms with Crippen LogP contribution < -0.4 is 0 Å². The van der Waals surface area contributed by atoms with E-state index in [0.717, 1.165) is 5.69 Å². The smallest absolute Gasteiger partial charge is 0.305 e. The number of aromatic nitrogens is 3. The van der Waals surface area contributed by atoms with E-state index < -0.39 is 5.97 Å². The molecule has 1 aromatic carbocycles. The Kier molecular flexibility index (Phi) is 5.46. The van der Waals surface area contributed by atoms with Gasteiger partial charge in [0, 0.05) is 18.7 Å². The summed E-state index contributed by atoms with van der Waals surface area (Å²) in [7, 11) is 0. The van der Waals surface area contributed by atoms with E-state index in [9.17, 15) is 9.59 Å². The molecule has 1 amide bonds. The van der Waals surface area contributed by atoms with Gasteiger partial charge < -0.3 is 10.0 Å². The van der Waals surface area contributed by atoms with Gasteiger partial charge >= 0.3 is 5.97 Å². The fourth-order valence-corrected chi connectivity index (χ4v) is 2.23. The monoisotopic (exact) mass is 316 g/mol. The van der Waals surface area contributed by atoms with Crippen molar-refractivity contribution in [2.45, 2.75) is 20.3 Å². The molecule has 1 N–H and O–H groups in total. The Hall–Kier alpha value is -2.70. The minimum absolute atomic E-state index is 0.0600. The van der Waals surface area contributed by atoms with Gasteiger partial charge in [-0.3, -0.25) is 9.59 Å². The zero-order chi connectivity index (χ0) is 16.8. The molecule has 122 valence electrons. The maximum absolute atomic E-state index is 12.6. The largest absolute Gasteiger partial charge is 0.481 e. The Labute approximate surface area is 134 Å². The molecule has 0 saturated heterocycles. The van der Waals surface area contributed by atoms with Crippen LogP contribution in [0.3, 0.4) is 0 Å². The number of amides is 1. The van der Waals surface area contributed by atoms with Crippen molar-refractivity contribution in [3.63, 3.8) is 0 Å². The van der Waals surface area contributed by atoms with Crippen LogP contribution in [0.5, 0.6) is 0 Å². The van der Waals surface area contributed by atoms with Crippen molar-refractivity contribution < 1.29 is 14.7 Å². The van der Waals surface area contributed by atoms with Crippen LogP contribution in [-0.2, 0) is 4.79 Å². The van der Waals surface area contributed by atoms with Crippen LogP contribution in [0.4, 0.5) is 0 Å². The number of nitrogens with zero attached hydrogens (tertiary/aromatic N) is 4. The van der Waals surface area contributed by atoms with Crippen LogP contribution in [0.1, 0.15) is 30.6 Å². The zero-order valence-corrected chi connectivity index (χ0v) is 13.2. The van der Waals surface area contributed by atoms with Gasteiger partial charge in [0.1, 0.15) is 0 Å². The van der Waals surface area contributed by atoms with Crippen LogP contribution in [0.15, 0.2) is 36.7 Å². The highest BCUT2D eigenvalue weighted by atomic mass is 16.4. The Bertz CT molecular complexity index is 650. The first-order valence-electron chi connectivity index (χ1n) is 7.45. The predicted octanol–water partition coefficient (Wildman–Crippen LogP) is 1.84. The number of carbonyl (C=O) groups excluding carboxylic acids is 1. The summed E-state index contributed by atoms with van der Waals surface area (Å²) < 4.78 is 1.60. The Morgan fingerprint density at radius 2 is 1.96 bits per heavy atom. The van der Waals surface area contributed by atoms with Crippen molar-refractivity contribution in [2.75, 3.05) is 13.1 Å². The second kappa shape index (κ2) is 7.53. The summed E-state index contributed by atoms with van der Waals surface area (Å²) in [4.78, 5) is 24.9. The summed E-state index contributed by atoms with van der Waals surface area (Å²) in [5.41, 5.74) is 1.33. The lowest BCUT2D eigenvalue weighted by molar-refractivity contribution is -0.137. The summed E-state index contributed by atoms with van der Waals surface area (Å²) in [6.07, 6.45) is 3.24. The first kappa shape index (κ1) is 16.7. The highest BCUT2D eigenvalue weighted by molar-refractivity contribution is 5.94. The fourth-order valence-electron chi connectivity index (χ4n) is 2.23. The van der Waals surface area contributed by atoms with E-state index >= 15 is 0 Å². The average Bonchev–Trinajstić information content (AvgIpc) is 3.05. The molecule has 0 radical (unpaired) electrons. The molecule has 7 heteroatoms. The standard InChI is InChI=1S/C16H20N4O3/c1-12(2)11-19(9-7-15(21)22)16(23)13-3-5-14(6-4-13)20-10-8-17-18-20/h3-6,8,10,12H,7,9,11H2,1-2H3,(H,21,22). The topological polar surface area (TPSA) is 88.3 Å². The number of rotatable bonds is 7. The number of benzene rings is 1. The Morgan fingerprint density at radius 1 is 1.26 bits per heavy atom. The van der Waals surface area contributed by atoms with Gasteiger partial charge in [-0.1, -0.05) is 19.1 Å². The minimum atomic E-state index is -0.909. The molecule has 0 unspecified atom stereocenters. The van der Waals surface area contributed by atoms with Gasteiger partial charge in [-0.2, -0.15) is 0 Å². The number of carboxylic acid groups (broad SMARTS) is 1. The number of carbonyl (C=O) groups is 2. The Morgan fingerprint density at radius 3 is 2.48 bits per heavy atom. The second-order valence-electron chi connectivity index (χ2n) is 5.68. The molecule has 0 saturated carbocycles. The maximum atomic E-state index is 12.6. The summed E-state index contributed by atoms with van der Waals surface area (Å²) >= 11 is 0. The van der Waals surface area contributed by atoms with Crippen LogP contribution in [0, 0.1) is 5.92 Å². The van der Waals surface area contributed by atoms with E-state index in [1.165, 1.54) is 0 Å². The molecule has 23 heavy (non-hydrogen) atoms. The van der Waals surface area contributed by atoms with Crippen molar-refractivity contribution in [1.82, 2.24) is 19.9 Å². The first-order valence-corrected chi connectivity index (χ1v) is 7.45. The van der Waals surface area contributed by atoms with E-state index in [4.69, 9.17) is 5.11 Å². The molecule has 1 aromatic heterocycles. The van der Waals surface area contributed by atoms with E-state index in [2.05, 4.69) is 10.3 Å². The van der Waals surface area contributed by atoms with Gasteiger partial charge in [0.25, 0.3) is 5.91 Å². The van der Waals surface area contributed by atoms with Crippen LogP contribution in [-0.4, -0.2) is 50.0 Å². The molecule has 0 bridgehead atoms. The molecule has 0 aliphatic heterocycles. The first-order chi connectivity index (χ1) is 11.0. The van der Waals surface area contributed by atoms with Gasteiger partial charge in [0.15, 0.2) is 0 Å². The van der Waals surface area contributed by atoms with Crippen molar-refractivity contribution in [3.05, 3.63) is 42.2 Å². The molecule has 2 aromatic rings. The SMILES string of the molecule is CC(C)CN(CCC(=O)O)C(=O)c1ccc(-n2ccnn2)cc1. The molecular weight excluding hydrogens is 296 g/mol. The van der Waals surface area contributed by atoms with E-state index in [1.807, 2.05) is 13.8 Å². The van der Waals surface area contributed by atoms with Gasteiger partial charge in [-0.05, 0) is 30.2 Å². The van der Waals surface area contributed by atoms with E-state index in [0.29, 0.717) is 12.1 Å². The quantitative estimate of drug-likeness (QED) is 0.842. The average molecular weight is 316 g/mol. The normalized spacial score (nSPS) is 10.7. The van der Waals surface area contributed by atoms with Gasteiger partial charge in [0.05, 0.1) is 24.5 Å². The number of carboxylic acids is 1. The molecule has 1 heterocycles. The molecular formula is C16H20N4O3. The van der Waals surface area contributed by atoms with Crippen molar-refractivity contribution in [1.29, 1.82) is 0 Å². The highest BCUT2D eigenvalue weighted by Crippen LogP contribution is 2.12. The van der Waals surface area contributed by atoms with Gasteiger partial charge in [-0.25, -0.2) is 4.68 Å². The van der Waals surface area contributed by atoms with Gasteiger partial charge in [0.2, 0.25) is 0 Å². The molecule has 2 rings (SSSR count). The van der Waals surface area contributed by atoms with E-state index in [1.54, 1.807) is 46.2 Å². The lowest BCUT2D eigenvalue weighted by atomic mass is 10.1. The van der Waals surface area contributed by atoms with Crippen LogP contribution in [0.25, 0.3) is 5.69 Å². The fraction of sp³-hybridized carbons (Fsp3) is 0.375. The molecule has 0 spiro atoms. The summed E-state index contributed by atoms with van der Waals surface area (Å²) in [6.45, 7) is 4.72. The van der Waals surface area contributed by atoms with Crippen molar-refractivity contribution in [2.24, 2.45) is 5.92 Å². The zero-order valence-electron chi connectivity index (χ0n) is 13.2. The number of hydrogen-bond acceptors (Lipinski definition) is 4. The molecule has 0 atom stereocenters. The summed E-state index contributed by atoms with van der Waals surface area (Å²) in [5, 5.41) is 16.5. The molecule has 0 aliphatic carbocycles. The second-order valence-corrected chi connectivity index (χ2v) is 5.68. The van der Waals surface area contributed by atoms with Crippen molar-refractivity contribution >= 4 is 11.9 Å². The number of aliphatic carboxylic acids is 1. The molecule has 0 aliphatic rings.